The summed E-state index contributed by atoms with van der Waals surface area (Å²) in [6, 6.07) is 16.1. The van der Waals surface area contributed by atoms with E-state index >= 15 is 0 Å². The zero-order chi connectivity index (χ0) is 17.7. The smallest absolute Gasteiger partial charge is 0.252 e. The highest BCUT2D eigenvalue weighted by atomic mass is 16.1. The van der Waals surface area contributed by atoms with Gasteiger partial charge in [-0.25, -0.2) is 4.98 Å². The molecule has 5 aromatic rings. The van der Waals surface area contributed by atoms with Crippen molar-refractivity contribution < 1.29 is 0 Å². The van der Waals surface area contributed by atoms with Crippen molar-refractivity contribution in [2.24, 2.45) is 0 Å². The Labute approximate surface area is 149 Å². The van der Waals surface area contributed by atoms with Crippen molar-refractivity contribution in [1.82, 2.24) is 19.5 Å². The molecule has 0 aliphatic rings. The molecule has 0 aliphatic carbocycles. The number of imidazole rings is 1. The van der Waals surface area contributed by atoms with Crippen LogP contribution >= 0.6 is 0 Å². The topological polar surface area (TPSA) is 66.5 Å². The molecule has 0 fully saturated rings. The van der Waals surface area contributed by atoms with Crippen molar-refractivity contribution in [2.45, 2.75) is 6.92 Å². The van der Waals surface area contributed by atoms with E-state index < -0.39 is 0 Å². The number of hydrogen-bond donors (Lipinski definition) is 2. The van der Waals surface area contributed by atoms with Crippen LogP contribution in [0.5, 0.6) is 0 Å². The number of aromatic nitrogens is 4. The average molecular weight is 340 g/mol. The van der Waals surface area contributed by atoms with Crippen LogP contribution in [0.25, 0.3) is 38.8 Å². The SMILES string of the molecule is Cc1c(-c2cccc(-n3ccnc3)c2)c2[nH]c3ccccc3c2[nH]c1=O. The van der Waals surface area contributed by atoms with Crippen molar-refractivity contribution in [1.29, 1.82) is 0 Å². The Morgan fingerprint density at radius 3 is 2.73 bits per heavy atom. The van der Waals surface area contributed by atoms with Crippen LogP contribution in [0.2, 0.25) is 0 Å². The number of hydrogen-bond acceptors (Lipinski definition) is 2. The van der Waals surface area contributed by atoms with Gasteiger partial charge in [0.05, 0.1) is 17.4 Å². The van der Waals surface area contributed by atoms with Gasteiger partial charge in [-0.1, -0.05) is 30.3 Å². The van der Waals surface area contributed by atoms with E-state index in [4.69, 9.17) is 0 Å². The molecule has 2 N–H and O–H groups in total. The van der Waals surface area contributed by atoms with E-state index in [1.165, 1.54) is 0 Å². The molecule has 5 rings (SSSR count). The van der Waals surface area contributed by atoms with Gasteiger partial charge >= 0.3 is 0 Å². The van der Waals surface area contributed by atoms with Gasteiger partial charge in [0, 0.05) is 40.1 Å². The monoisotopic (exact) mass is 340 g/mol. The number of nitrogens with one attached hydrogen (secondary N) is 2. The number of benzene rings is 2. The van der Waals surface area contributed by atoms with Gasteiger partial charge < -0.3 is 14.5 Å². The molecule has 0 atom stereocenters. The van der Waals surface area contributed by atoms with Crippen LogP contribution in [-0.4, -0.2) is 19.5 Å². The van der Waals surface area contributed by atoms with Crippen LogP contribution in [0.3, 0.4) is 0 Å². The summed E-state index contributed by atoms with van der Waals surface area (Å²) >= 11 is 0. The molecule has 5 nitrogen and oxygen atoms in total. The highest BCUT2D eigenvalue weighted by Gasteiger charge is 2.15. The van der Waals surface area contributed by atoms with Gasteiger partial charge in [0.15, 0.2) is 0 Å². The lowest BCUT2D eigenvalue weighted by atomic mass is 9.99. The molecular formula is C21H16N4O. The fourth-order valence-electron chi connectivity index (χ4n) is 3.56. The van der Waals surface area contributed by atoms with Crippen LogP contribution < -0.4 is 5.56 Å². The molecule has 0 radical (unpaired) electrons. The summed E-state index contributed by atoms with van der Waals surface area (Å²) in [5.74, 6) is 0. The van der Waals surface area contributed by atoms with Gasteiger partial charge in [0.2, 0.25) is 0 Å². The van der Waals surface area contributed by atoms with E-state index in [1.54, 1.807) is 12.5 Å². The van der Waals surface area contributed by atoms with Crippen molar-refractivity contribution in [3.8, 4) is 16.8 Å². The second kappa shape index (κ2) is 5.46. The zero-order valence-electron chi connectivity index (χ0n) is 14.2. The Bertz CT molecular complexity index is 1310. The van der Waals surface area contributed by atoms with Gasteiger partial charge in [0.1, 0.15) is 0 Å². The summed E-state index contributed by atoms with van der Waals surface area (Å²) in [5, 5.41) is 1.02. The first-order valence-corrected chi connectivity index (χ1v) is 8.44. The molecule has 0 bridgehead atoms. The molecule has 3 heterocycles. The van der Waals surface area contributed by atoms with Crippen LogP contribution in [0.1, 0.15) is 5.56 Å². The minimum Gasteiger partial charge on any atom is -0.353 e. The highest BCUT2D eigenvalue weighted by molar-refractivity contribution is 6.10. The second-order valence-electron chi connectivity index (χ2n) is 6.39. The van der Waals surface area contributed by atoms with E-state index in [0.29, 0.717) is 5.56 Å². The molecule has 26 heavy (non-hydrogen) atoms. The normalized spacial score (nSPS) is 11.4. The highest BCUT2D eigenvalue weighted by Crippen LogP contribution is 2.33. The first-order chi connectivity index (χ1) is 12.7. The predicted octanol–water partition coefficient (Wildman–Crippen LogP) is 4.17. The summed E-state index contributed by atoms with van der Waals surface area (Å²) in [6.07, 6.45) is 5.42. The van der Waals surface area contributed by atoms with Gasteiger partial charge in [-0.05, 0) is 30.7 Å². The van der Waals surface area contributed by atoms with Crippen LogP contribution in [0.4, 0.5) is 0 Å². The van der Waals surface area contributed by atoms with Gasteiger partial charge in [-0.15, -0.1) is 0 Å². The summed E-state index contributed by atoms with van der Waals surface area (Å²) in [7, 11) is 0. The van der Waals surface area contributed by atoms with E-state index in [0.717, 1.165) is 38.8 Å². The zero-order valence-corrected chi connectivity index (χ0v) is 14.2. The van der Waals surface area contributed by atoms with E-state index in [1.807, 2.05) is 60.2 Å². The lowest BCUT2D eigenvalue weighted by molar-refractivity contribution is 1.06. The third-order valence-electron chi connectivity index (χ3n) is 4.85. The first-order valence-electron chi connectivity index (χ1n) is 8.44. The molecule has 0 aliphatic heterocycles. The predicted molar refractivity (Wildman–Crippen MR) is 104 cm³/mol. The molecule has 0 saturated carbocycles. The summed E-state index contributed by atoms with van der Waals surface area (Å²) in [6.45, 7) is 1.86. The summed E-state index contributed by atoms with van der Waals surface area (Å²) in [5.41, 5.74) is 6.38. The lowest BCUT2D eigenvalue weighted by Crippen LogP contribution is -2.11. The quantitative estimate of drug-likeness (QED) is 0.506. The van der Waals surface area contributed by atoms with Crippen LogP contribution in [0, 0.1) is 6.92 Å². The van der Waals surface area contributed by atoms with Crippen molar-refractivity contribution in [3.63, 3.8) is 0 Å². The maximum atomic E-state index is 12.6. The number of rotatable bonds is 2. The first kappa shape index (κ1) is 14.7. The van der Waals surface area contributed by atoms with Gasteiger partial charge in [-0.3, -0.25) is 4.79 Å². The minimum atomic E-state index is -0.0645. The Morgan fingerprint density at radius 1 is 1.00 bits per heavy atom. The Kier molecular flexibility index (Phi) is 3.09. The second-order valence-corrected chi connectivity index (χ2v) is 6.39. The Balaban J connectivity index is 1.86. The summed E-state index contributed by atoms with van der Waals surface area (Å²) in [4.78, 5) is 23.2. The molecule has 0 unspecified atom stereocenters. The maximum absolute atomic E-state index is 12.6. The lowest BCUT2D eigenvalue weighted by Gasteiger charge is -2.10. The number of para-hydroxylation sites is 1. The van der Waals surface area contributed by atoms with Crippen LogP contribution in [0.15, 0.2) is 72.0 Å². The minimum absolute atomic E-state index is 0.0645. The van der Waals surface area contributed by atoms with Gasteiger partial charge in [0.25, 0.3) is 5.56 Å². The van der Waals surface area contributed by atoms with E-state index in [2.05, 4.69) is 21.0 Å². The third kappa shape index (κ3) is 2.10. The van der Waals surface area contributed by atoms with Crippen molar-refractivity contribution >= 4 is 21.9 Å². The number of pyridine rings is 1. The average Bonchev–Trinajstić information content (AvgIpc) is 3.31. The molecule has 3 aromatic heterocycles. The molecule has 0 saturated heterocycles. The fourth-order valence-corrected chi connectivity index (χ4v) is 3.56. The van der Waals surface area contributed by atoms with E-state index in [-0.39, 0.29) is 5.56 Å². The number of fused-ring (bicyclic) bond motifs is 3. The van der Waals surface area contributed by atoms with Crippen LogP contribution in [-0.2, 0) is 0 Å². The Hall–Kier alpha value is -3.60. The number of aromatic amines is 2. The fraction of sp³-hybridized carbons (Fsp3) is 0.0476. The maximum Gasteiger partial charge on any atom is 0.252 e. The number of H-pyrrole nitrogens is 2. The Morgan fingerprint density at radius 2 is 1.88 bits per heavy atom. The summed E-state index contributed by atoms with van der Waals surface area (Å²) < 4.78 is 1.95. The molecule has 0 amide bonds. The number of nitrogens with zero attached hydrogens (tertiary/aromatic N) is 2. The molecule has 126 valence electrons. The standard InChI is InChI=1S/C21H16N4O/c1-13-18(14-5-4-6-15(11-14)25-10-9-22-12-25)20-19(24-21(13)26)16-7-2-3-8-17(16)23-20/h2-12,23H,1H3,(H,24,26). The van der Waals surface area contributed by atoms with Crippen molar-refractivity contribution in [2.75, 3.05) is 0 Å². The van der Waals surface area contributed by atoms with E-state index in [9.17, 15) is 4.79 Å². The molecule has 5 heteroatoms. The molecular weight excluding hydrogens is 324 g/mol. The van der Waals surface area contributed by atoms with Crippen molar-refractivity contribution in [3.05, 3.63) is 83.2 Å². The molecule has 2 aromatic carbocycles. The largest absolute Gasteiger partial charge is 0.353 e. The van der Waals surface area contributed by atoms with Gasteiger partial charge in [-0.2, -0.15) is 0 Å². The third-order valence-corrected chi connectivity index (χ3v) is 4.85. The molecule has 0 spiro atoms.